The number of nitrogens with zero attached hydrogens (tertiary/aromatic N) is 1. The van der Waals surface area contributed by atoms with Crippen molar-refractivity contribution in [2.45, 2.75) is 49.3 Å². The molecule has 1 aromatic rings. The fraction of sp³-hybridized carbons (Fsp3) is 0.667. The van der Waals surface area contributed by atoms with Crippen LogP contribution in [-0.4, -0.2) is 25.4 Å². The Bertz CT molecular complexity index is 588. The van der Waals surface area contributed by atoms with Gasteiger partial charge < -0.3 is 4.74 Å². The highest BCUT2D eigenvalue weighted by molar-refractivity contribution is 7.91. The number of H-pyrrole nitrogens is 1. The molecular formula is C12H19N2O4S+. The molecule has 1 aliphatic rings. The molecule has 1 heterocycles. The molecule has 7 heteroatoms. The largest absolute Gasteiger partial charge is 0.476 e. The number of aromatic nitrogens is 2. The van der Waals surface area contributed by atoms with Gasteiger partial charge >= 0.3 is 5.03 Å². The fourth-order valence-electron chi connectivity index (χ4n) is 2.40. The van der Waals surface area contributed by atoms with Crippen LogP contribution in [-0.2, 0) is 9.84 Å². The van der Waals surface area contributed by atoms with E-state index in [9.17, 15) is 13.3 Å². The van der Waals surface area contributed by atoms with Gasteiger partial charge in [-0.25, -0.2) is 8.42 Å². The Hall–Kier alpha value is -1.37. The lowest BCUT2D eigenvalue weighted by Crippen LogP contribution is -2.34. The standard InChI is InChI=1S/C12H19N2O4S/c1-2-18-11-8-9-12(14(15)13-11)19(16,17)10-6-4-3-5-7-10/h8-10H,2-7H2,1H3,(H,13,15)/q+1. The number of rotatable bonds is 4. The van der Waals surface area contributed by atoms with Gasteiger partial charge in [-0.15, -0.1) is 0 Å². The summed E-state index contributed by atoms with van der Waals surface area (Å²) in [7, 11) is -3.56. The molecule has 0 radical (unpaired) electrons. The van der Waals surface area contributed by atoms with Crippen LogP contribution in [0.1, 0.15) is 39.0 Å². The zero-order chi connectivity index (χ0) is 13.9. The zero-order valence-corrected chi connectivity index (χ0v) is 11.8. The Morgan fingerprint density at radius 2 is 2.00 bits per heavy atom. The first-order valence-electron chi connectivity index (χ1n) is 6.58. The van der Waals surface area contributed by atoms with E-state index in [2.05, 4.69) is 5.10 Å². The van der Waals surface area contributed by atoms with Crippen molar-refractivity contribution in [2.24, 2.45) is 0 Å². The SMILES string of the molecule is CCOc1ccc(S(=O)(=O)C2CCCCC2)[n+](=O)[nH]1. The first-order valence-corrected chi connectivity index (χ1v) is 8.13. The predicted octanol–water partition coefficient (Wildman–Crippen LogP) is 1.43. The Morgan fingerprint density at radius 3 is 2.58 bits per heavy atom. The van der Waals surface area contributed by atoms with Gasteiger partial charge in [0, 0.05) is 12.1 Å². The molecule has 1 aliphatic carbocycles. The molecule has 0 atom stereocenters. The monoisotopic (exact) mass is 287 g/mol. The topological polar surface area (TPSA) is 82.1 Å². The number of nitrogens with one attached hydrogen (secondary N) is 1. The van der Waals surface area contributed by atoms with Crippen LogP contribution in [0, 0.1) is 4.91 Å². The van der Waals surface area contributed by atoms with Crippen molar-refractivity contribution in [2.75, 3.05) is 6.61 Å². The van der Waals surface area contributed by atoms with E-state index >= 15 is 0 Å². The maximum atomic E-state index is 12.4. The van der Waals surface area contributed by atoms with Crippen LogP contribution in [0.3, 0.4) is 0 Å². The molecule has 6 nitrogen and oxygen atoms in total. The summed E-state index contributed by atoms with van der Waals surface area (Å²) in [5.41, 5.74) is 0. The minimum atomic E-state index is -3.56. The van der Waals surface area contributed by atoms with Crippen molar-refractivity contribution < 1.29 is 17.7 Å². The van der Waals surface area contributed by atoms with Gasteiger partial charge in [0.2, 0.25) is 15.7 Å². The van der Waals surface area contributed by atoms with E-state index in [0.717, 1.165) is 19.3 Å². The summed E-state index contributed by atoms with van der Waals surface area (Å²) in [4.78, 5) is 11.8. The normalized spacial score (nSPS) is 17.3. The molecule has 19 heavy (non-hydrogen) atoms. The van der Waals surface area contributed by atoms with Gasteiger partial charge in [-0.2, -0.15) is 0 Å². The summed E-state index contributed by atoms with van der Waals surface area (Å²) >= 11 is 0. The highest BCUT2D eigenvalue weighted by Crippen LogP contribution is 2.27. The molecule has 2 rings (SSSR count). The Labute approximate surface area is 112 Å². The quantitative estimate of drug-likeness (QED) is 0.849. The van der Waals surface area contributed by atoms with Gasteiger partial charge in [0.15, 0.2) is 4.54 Å². The predicted molar refractivity (Wildman–Crippen MR) is 69.4 cm³/mol. The van der Waals surface area contributed by atoms with Crippen molar-refractivity contribution in [3.63, 3.8) is 0 Å². The lowest BCUT2D eigenvalue weighted by atomic mass is 10.0. The van der Waals surface area contributed by atoms with Crippen LogP contribution >= 0.6 is 0 Å². The second-order valence-corrected chi connectivity index (χ2v) is 6.86. The van der Waals surface area contributed by atoms with Crippen LogP contribution in [0.5, 0.6) is 5.88 Å². The van der Waals surface area contributed by atoms with Gasteiger partial charge in [0.05, 0.1) is 16.8 Å². The highest BCUT2D eigenvalue weighted by Gasteiger charge is 2.36. The van der Waals surface area contributed by atoms with E-state index in [4.69, 9.17) is 4.74 Å². The fourth-order valence-corrected chi connectivity index (χ4v) is 4.23. The van der Waals surface area contributed by atoms with E-state index in [0.29, 0.717) is 19.4 Å². The maximum Gasteiger partial charge on any atom is 0.382 e. The summed E-state index contributed by atoms with van der Waals surface area (Å²) in [5.74, 6) is 0.264. The first kappa shape index (κ1) is 14.0. The van der Waals surface area contributed by atoms with Gasteiger partial charge in [0.1, 0.15) is 0 Å². The van der Waals surface area contributed by atoms with Crippen LogP contribution < -0.4 is 9.28 Å². The Balaban J connectivity index is 2.32. The summed E-state index contributed by atoms with van der Waals surface area (Å²) in [6.45, 7) is 2.20. The smallest absolute Gasteiger partial charge is 0.382 e. The van der Waals surface area contributed by atoms with Gasteiger partial charge in [-0.3, -0.25) is 0 Å². The average molecular weight is 287 g/mol. The Morgan fingerprint density at radius 1 is 1.32 bits per heavy atom. The molecule has 1 N–H and O–H groups in total. The van der Waals surface area contributed by atoms with E-state index in [-0.39, 0.29) is 15.4 Å². The molecule has 0 amide bonds. The lowest BCUT2D eigenvalue weighted by molar-refractivity contribution is -0.606. The van der Waals surface area contributed by atoms with Crippen LogP contribution in [0.4, 0.5) is 0 Å². The number of aromatic amines is 1. The average Bonchev–Trinajstić information content (AvgIpc) is 2.40. The summed E-state index contributed by atoms with van der Waals surface area (Å²) in [5, 5.41) is 1.72. The summed E-state index contributed by atoms with van der Waals surface area (Å²) < 4.78 is 30.2. The molecule has 0 aliphatic heterocycles. The first-order chi connectivity index (χ1) is 9.05. The van der Waals surface area contributed by atoms with Crippen molar-refractivity contribution in [3.8, 4) is 5.88 Å². The number of sulfone groups is 1. The van der Waals surface area contributed by atoms with E-state index in [1.54, 1.807) is 6.92 Å². The number of hydrogen-bond acceptors (Lipinski definition) is 4. The maximum absolute atomic E-state index is 12.4. The zero-order valence-electron chi connectivity index (χ0n) is 11.0. The highest BCUT2D eigenvalue weighted by atomic mass is 32.2. The second kappa shape index (κ2) is 5.73. The van der Waals surface area contributed by atoms with Crippen molar-refractivity contribution in [1.82, 2.24) is 5.10 Å². The lowest BCUT2D eigenvalue weighted by Gasteiger charge is -2.18. The molecule has 0 unspecified atom stereocenters. The molecule has 1 fully saturated rings. The van der Waals surface area contributed by atoms with E-state index < -0.39 is 15.1 Å². The van der Waals surface area contributed by atoms with Gasteiger partial charge in [0.25, 0.3) is 0 Å². The summed E-state index contributed by atoms with van der Waals surface area (Å²) in [6.07, 6.45) is 4.15. The van der Waals surface area contributed by atoms with Gasteiger partial charge in [-0.05, 0) is 19.8 Å². The molecule has 1 saturated carbocycles. The molecule has 0 aromatic carbocycles. The van der Waals surface area contributed by atoms with Crippen molar-refractivity contribution in [1.29, 1.82) is 0 Å². The molecular weight excluding hydrogens is 268 g/mol. The third kappa shape index (κ3) is 2.97. The summed E-state index contributed by atoms with van der Waals surface area (Å²) in [6, 6.07) is 2.80. The second-order valence-electron chi connectivity index (χ2n) is 4.68. The molecule has 0 spiro atoms. The third-order valence-electron chi connectivity index (χ3n) is 3.37. The number of hydrogen-bond donors (Lipinski definition) is 1. The van der Waals surface area contributed by atoms with Crippen molar-refractivity contribution >= 4 is 9.84 Å². The molecule has 0 bridgehead atoms. The number of ether oxygens (including phenoxy) is 1. The van der Waals surface area contributed by atoms with Crippen LogP contribution in [0.2, 0.25) is 0 Å². The van der Waals surface area contributed by atoms with Gasteiger partial charge in [-0.1, -0.05) is 24.4 Å². The van der Waals surface area contributed by atoms with Crippen LogP contribution in [0.25, 0.3) is 0 Å². The minimum absolute atomic E-state index is 0.220. The Kier molecular flexibility index (Phi) is 4.24. The molecule has 1 aromatic heterocycles. The molecule has 0 saturated heterocycles. The minimum Gasteiger partial charge on any atom is -0.476 e. The third-order valence-corrected chi connectivity index (χ3v) is 5.61. The van der Waals surface area contributed by atoms with E-state index in [1.165, 1.54) is 12.1 Å². The van der Waals surface area contributed by atoms with E-state index in [1.807, 2.05) is 0 Å². The van der Waals surface area contributed by atoms with Crippen LogP contribution in [0.15, 0.2) is 17.2 Å². The van der Waals surface area contributed by atoms with Crippen molar-refractivity contribution in [3.05, 3.63) is 17.0 Å². The molecule has 106 valence electrons.